The van der Waals surface area contributed by atoms with Gasteiger partial charge in [-0.25, -0.2) is 12.7 Å². The Balaban J connectivity index is 1.91. The lowest BCUT2D eigenvalue weighted by atomic mass is 9.95. The van der Waals surface area contributed by atoms with Crippen LogP contribution < -0.4 is 9.62 Å². The van der Waals surface area contributed by atoms with E-state index in [9.17, 15) is 18.0 Å². The highest BCUT2D eigenvalue weighted by Gasteiger charge is 2.50. The van der Waals surface area contributed by atoms with Crippen LogP contribution in [0.15, 0.2) is 42.5 Å². The summed E-state index contributed by atoms with van der Waals surface area (Å²) in [5.41, 5.74) is 0.896. The molecule has 1 aliphatic heterocycles. The SMILES string of the molecule is CC(C)c1ccc(NC(=O)c2ccc(Cl)c(N3C(=O)C(C)(C)CS3(=O)=O)c2)cc1. The van der Waals surface area contributed by atoms with Crippen LogP contribution in [-0.4, -0.2) is 26.0 Å². The summed E-state index contributed by atoms with van der Waals surface area (Å²) in [6, 6.07) is 11.7. The number of carbonyl (C=O) groups excluding carboxylic acids is 2. The zero-order chi connectivity index (χ0) is 21.6. The van der Waals surface area contributed by atoms with E-state index in [1.807, 2.05) is 12.1 Å². The van der Waals surface area contributed by atoms with Gasteiger partial charge in [-0.2, -0.15) is 0 Å². The van der Waals surface area contributed by atoms with Crippen LogP contribution in [0.1, 0.15) is 49.5 Å². The van der Waals surface area contributed by atoms with Crippen molar-refractivity contribution in [3.63, 3.8) is 0 Å². The predicted molar refractivity (Wildman–Crippen MR) is 115 cm³/mol. The number of rotatable bonds is 4. The fourth-order valence-electron chi connectivity index (χ4n) is 3.21. The second kappa shape index (κ2) is 7.46. The number of hydrogen-bond donors (Lipinski definition) is 1. The molecule has 0 aromatic heterocycles. The van der Waals surface area contributed by atoms with Gasteiger partial charge in [0.15, 0.2) is 0 Å². The highest BCUT2D eigenvalue weighted by atomic mass is 35.5. The van der Waals surface area contributed by atoms with Gasteiger partial charge in [0.2, 0.25) is 15.9 Å². The molecule has 2 aromatic carbocycles. The molecule has 8 heteroatoms. The van der Waals surface area contributed by atoms with E-state index < -0.39 is 27.3 Å². The molecule has 2 aromatic rings. The van der Waals surface area contributed by atoms with E-state index >= 15 is 0 Å². The van der Waals surface area contributed by atoms with Crippen LogP contribution in [0, 0.1) is 5.41 Å². The van der Waals surface area contributed by atoms with Crippen LogP contribution >= 0.6 is 11.6 Å². The quantitative estimate of drug-likeness (QED) is 0.772. The summed E-state index contributed by atoms with van der Waals surface area (Å²) >= 11 is 6.18. The normalized spacial score (nSPS) is 17.6. The number of nitrogens with one attached hydrogen (secondary N) is 1. The van der Waals surface area contributed by atoms with Gasteiger partial charge >= 0.3 is 0 Å². The number of anilines is 2. The summed E-state index contributed by atoms with van der Waals surface area (Å²) in [7, 11) is -3.87. The molecule has 2 amide bonds. The highest BCUT2D eigenvalue weighted by Crippen LogP contribution is 2.39. The van der Waals surface area contributed by atoms with Crippen molar-refractivity contribution in [1.82, 2.24) is 0 Å². The molecule has 0 bridgehead atoms. The Hall–Kier alpha value is -2.38. The maximum Gasteiger partial charge on any atom is 0.255 e. The number of amides is 2. The van der Waals surface area contributed by atoms with Crippen LogP contribution in [0.5, 0.6) is 0 Å². The van der Waals surface area contributed by atoms with E-state index in [-0.39, 0.29) is 22.0 Å². The summed E-state index contributed by atoms with van der Waals surface area (Å²) < 4.78 is 25.8. The molecule has 1 fully saturated rings. The van der Waals surface area contributed by atoms with E-state index in [1.54, 1.807) is 26.0 Å². The fourth-order valence-corrected chi connectivity index (χ4v) is 5.57. The zero-order valence-electron chi connectivity index (χ0n) is 16.7. The van der Waals surface area contributed by atoms with E-state index in [0.717, 1.165) is 5.56 Å². The number of sulfonamides is 1. The Morgan fingerprint density at radius 3 is 2.28 bits per heavy atom. The number of benzene rings is 2. The zero-order valence-corrected chi connectivity index (χ0v) is 18.3. The van der Waals surface area contributed by atoms with Gasteiger partial charge in [0.25, 0.3) is 5.91 Å². The lowest BCUT2D eigenvalue weighted by molar-refractivity contribution is -0.123. The first kappa shape index (κ1) is 21.3. The van der Waals surface area contributed by atoms with Crippen molar-refractivity contribution >= 4 is 44.8 Å². The summed E-state index contributed by atoms with van der Waals surface area (Å²) in [6.45, 7) is 7.30. The van der Waals surface area contributed by atoms with Crippen molar-refractivity contribution in [2.75, 3.05) is 15.4 Å². The predicted octanol–water partition coefficient (Wildman–Crippen LogP) is 4.42. The molecule has 154 valence electrons. The van der Waals surface area contributed by atoms with Crippen molar-refractivity contribution in [3.8, 4) is 0 Å². The van der Waals surface area contributed by atoms with Gasteiger partial charge in [-0.1, -0.05) is 37.6 Å². The van der Waals surface area contributed by atoms with Crippen molar-refractivity contribution in [3.05, 3.63) is 58.6 Å². The third-order valence-corrected chi connectivity index (χ3v) is 7.17. The first-order chi connectivity index (χ1) is 13.4. The first-order valence-corrected chi connectivity index (χ1v) is 11.2. The van der Waals surface area contributed by atoms with Gasteiger partial charge in [-0.05, 0) is 55.7 Å². The lowest BCUT2D eigenvalue weighted by Gasteiger charge is -2.19. The molecular weight excluding hydrogens is 412 g/mol. The summed E-state index contributed by atoms with van der Waals surface area (Å²) in [5, 5.41) is 2.86. The van der Waals surface area contributed by atoms with Crippen molar-refractivity contribution in [2.24, 2.45) is 5.41 Å². The van der Waals surface area contributed by atoms with Crippen molar-refractivity contribution in [1.29, 1.82) is 0 Å². The molecule has 0 aliphatic carbocycles. The largest absolute Gasteiger partial charge is 0.322 e. The summed E-state index contributed by atoms with van der Waals surface area (Å²) in [4.78, 5) is 25.3. The molecule has 1 saturated heterocycles. The second-order valence-electron chi connectivity index (χ2n) is 8.11. The maximum atomic E-state index is 12.7. The molecule has 1 aliphatic rings. The topological polar surface area (TPSA) is 83.6 Å². The molecule has 0 radical (unpaired) electrons. The fraction of sp³-hybridized carbons (Fsp3) is 0.333. The van der Waals surface area contributed by atoms with E-state index in [4.69, 9.17) is 11.6 Å². The Kier molecular flexibility index (Phi) is 5.49. The van der Waals surface area contributed by atoms with E-state index in [0.29, 0.717) is 15.9 Å². The summed E-state index contributed by atoms with van der Waals surface area (Å²) in [5.74, 6) is -0.930. The van der Waals surface area contributed by atoms with Crippen LogP contribution in [0.3, 0.4) is 0 Å². The Morgan fingerprint density at radius 2 is 1.76 bits per heavy atom. The molecule has 0 saturated carbocycles. The molecular formula is C21H23ClN2O4S. The summed E-state index contributed by atoms with van der Waals surface area (Å²) in [6.07, 6.45) is 0. The Labute approximate surface area is 175 Å². The van der Waals surface area contributed by atoms with Gasteiger partial charge < -0.3 is 5.32 Å². The molecule has 0 atom stereocenters. The van der Waals surface area contributed by atoms with Gasteiger partial charge in [-0.15, -0.1) is 0 Å². The van der Waals surface area contributed by atoms with Crippen LogP contribution in [0.25, 0.3) is 0 Å². The number of hydrogen-bond acceptors (Lipinski definition) is 4. The Bertz CT molecular complexity index is 1080. The average Bonchev–Trinajstić information content (AvgIpc) is 2.79. The van der Waals surface area contributed by atoms with Gasteiger partial charge in [0.1, 0.15) is 0 Å². The first-order valence-electron chi connectivity index (χ1n) is 9.21. The minimum Gasteiger partial charge on any atom is -0.322 e. The number of carbonyl (C=O) groups is 2. The molecule has 6 nitrogen and oxygen atoms in total. The van der Waals surface area contributed by atoms with Crippen LogP contribution in [-0.2, 0) is 14.8 Å². The molecule has 1 N–H and O–H groups in total. The minimum absolute atomic E-state index is 0.00922. The third-order valence-electron chi connectivity index (χ3n) is 4.85. The molecule has 0 spiro atoms. The second-order valence-corrected chi connectivity index (χ2v) is 10.3. The minimum atomic E-state index is -3.87. The maximum absolute atomic E-state index is 12.7. The van der Waals surface area contributed by atoms with Crippen LogP contribution in [0.2, 0.25) is 5.02 Å². The van der Waals surface area contributed by atoms with E-state index in [2.05, 4.69) is 19.2 Å². The van der Waals surface area contributed by atoms with Crippen molar-refractivity contribution < 1.29 is 18.0 Å². The van der Waals surface area contributed by atoms with Crippen molar-refractivity contribution in [2.45, 2.75) is 33.6 Å². The van der Waals surface area contributed by atoms with Gasteiger partial charge in [-0.3, -0.25) is 9.59 Å². The number of nitrogens with zero attached hydrogens (tertiary/aromatic N) is 1. The van der Waals surface area contributed by atoms with Gasteiger partial charge in [0, 0.05) is 11.3 Å². The molecule has 3 rings (SSSR count). The van der Waals surface area contributed by atoms with Crippen LogP contribution in [0.4, 0.5) is 11.4 Å². The smallest absolute Gasteiger partial charge is 0.255 e. The average molecular weight is 435 g/mol. The molecule has 0 unspecified atom stereocenters. The number of halogens is 1. The van der Waals surface area contributed by atoms with E-state index in [1.165, 1.54) is 18.2 Å². The molecule has 1 heterocycles. The highest BCUT2D eigenvalue weighted by molar-refractivity contribution is 7.94. The van der Waals surface area contributed by atoms with Gasteiger partial charge in [0.05, 0.1) is 21.9 Å². The third kappa shape index (κ3) is 4.16. The Morgan fingerprint density at radius 1 is 1.14 bits per heavy atom. The lowest BCUT2D eigenvalue weighted by Crippen LogP contribution is -2.33. The monoisotopic (exact) mass is 434 g/mol. The molecule has 29 heavy (non-hydrogen) atoms. The standard InChI is InChI=1S/C21H23ClN2O4S/c1-13(2)14-5-8-16(9-6-14)23-19(25)15-7-10-17(22)18(11-15)24-20(26)21(3,4)12-29(24,27)28/h5-11,13H,12H2,1-4H3,(H,23,25).